The van der Waals surface area contributed by atoms with E-state index in [-0.39, 0.29) is 11.9 Å². The molecule has 6 nitrogen and oxygen atoms in total. The van der Waals surface area contributed by atoms with E-state index in [1.165, 1.54) is 6.07 Å². The molecule has 6 heteroatoms. The van der Waals surface area contributed by atoms with Gasteiger partial charge in [0.25, 0.3) is 5.91 Å². The fourth-order valence-corrected chi connectivity index (χ4v) is 1.54. The second-order valence-electron chi connectivity index (χ2n) is 3.86. The summed E-state index contributed by atoms with van der Waals surface area (Å²) >= 11 is 0. The fraction of sp³-hybridized carbons (Fsp3) is 0.273. The van der Waals surface area contributed by atoms with E-state index in [2.05, 4.69) is 15.5 Å². The second-order valence-corrected chi connectivity index (χ2v) is 3.86. The van der Waals surface area contributed by atoms with Gasteiger partial charge < -0.3 is 15.5 Å². The van der Waals surface area contributed by atoms with Gasteiger partial charge in [0.1, 0.15) is 17.3 Å². The quantitative estimate of drug-likeness (QED) is 0.733. The van der Waals surface area contributed by atoms with Crippen LogP contribution in [0.4, 0.5) is 5.82 Å². The smallest absolute Gasteiger partial charge is 0.269 e. The maximum absolute atomic E-state index is 11.7. The Morgan fingerprint density at radius 3 is 3.12 bits per heavy atom. The summed E-state index contributed by atoms with van der Waals surface area (Å²) in [6, 6.07) is 5.16. The molecule has 0 aliphatic rings. The number of hydrogen-bond acceptors (Lipinski definition) is 4. The van der Waals surface area contributed by atoms with Gasteiger partial charge in [-0.3, -0.25) is 9.89 Å². The number of rotatable bonds is 4. The number of nitrogens with one attached hydrogen (secondary N) is 2. The number of amides is 1. The standard InChI is InChI=1S/C11H14N4O2/c1-7(5-8-3-2-4-17-8)13-11(16)9-6-10(12)15-14-9/h2-4,6-7H,5H2,1H3,(H,13,16)(H3,12,14,15). The highest BCUT2D eigenvalue weighted by Crippen LogP contribution is 2.05. The van der Waals surface area contributed by atoms with Crippen molar-refractivity contribution in [2.45, 2.75) is 19.4 Å². The van der Waals surface area contributed by atoms with E-state index in [9.17, 15) is 4.79 Å². The average Bonchev–Trinajstić information content (AvgIpc) is 2.89. The van der Waals surface area contributed by atoms with Crippen LogP contribution in [0.25, 0.3) is 0 Å². The molecule has 0 fully saturated rings. The molecule has 0 spiro atoms. The molecule has 2 rings (SSSR count). The molecule has 0 radical (unpaired) electrons. The minimum atomic E-state index is -0.228. The van der Waals surface area contributed by atoms with Crippen LogP contribution in [0.3, 0.4) is 0 Å². The lowest BCUT2D eigenvalue weighted by atomic mass is 10.2. The Morgan fingerprint density at radius 1 is 1.71 bits per heavy atom. The van der Waals surface area contributed by atoms with Gasteiger partial charge in [-0.05, 0) is 19.1 Å². The Hall–Kier alpha value is -2.24. The molecule has 4 N–H and O–H groups in total. The SMILES string of the molecule is CC(Cc1ccco1)NC(=O)c1cc(N)n[nH]1. The van der Waals surface area contributed by atoms with E-state index in [1.54, 1.807) is 6.26 Å². The van der Waals surface area contributed by atoms with Crippen LogP contribution < -0.4 is 11.1 Å². The van der Waals surface area contributed by atoms with E-state index in [4.69, 9.17) is 10.2 Å². The van der Waals surface area contributed by atoms with Crippen LogP contribution in [0, 0.1) is 0 Å². The molecule has 17 heavy (non-hydrogen) atoms. The molecule has 1 unspecified atom stereocenters. The third-order valence-corrected chi connectivity index (χ3v) is 2.31. The van der Waals surface area contributed by atoms with Crippen LogP contribution in [0.15, 0.2) is 28.9 Å². The van der Waals surface area contributed by atoms with Gasteiger partial charge >= 0.3 is 0 Å². The Labute approximate surface area is 98.2 Å². The molecule has 0 bridgehead atoms. The lowest BCUT2D eigenvalue weighted by Crippen LogP contribution is -2.34. The highest BCUT2D eigenvalue weighted by Gasteiger charge is 2.13. The lowest BCUT2D eigenvalue weighted by Gasteiger charge is -2.11. The molecule has 1 atom stereocenters. The van der Waals surface area contributed by atoms with Crippen molar-refractivity contribution in [2.24, 2.45) is 0 Å². The van der Waals surface area contributed by atoms with Gasteiger partial charge in [-0.2, -0.15) is 5.10 Å². The molecule has 90 valence electrons. The normalized spacial score (nSPS) is 12.3. The Balaban J connectivity index is 1.90. The maximum Gasteiger partial charge on any atom is 0.269 e. The van der Waals surface area contributed by atoms with Gasteiger partial charge in [0.2, 0.25) is 0 Å². The van der Waals surface area contributed by atoms with E-state index < -0.39 is 0 Å². The van der Waals surface area contributed by atoms with E-state index in [0.717, 1.165) is 5.76 Å². The van der Waals surface area contributed by atoms with Crippen LogP contribution in [0.5, 0.6) is 0 Å². The molecule has 0 aliphatic carbocycles. The summed E-state index contributed by atoms with van der Waals surface area (Å²) in [5, 5.41) is 9.08. The number of carbonyl (C=O) groups is 1. The van der Waals surface area contributed by atoms with Crippen LogP contribution in [0.2, 0.25) is 0 Å². The van der Waals surface area contributed by atoms with Crippen molar-refractivity contribution in [2.75, 3.05) is 5.73 Å². The summed E-state index contributed by atoms with van der Waals surface area (Å²) in [6.45, 7) is 1.90. The third kappa shape index (κ3) is 2.87. The van der Waals surface area contributed by atoms with E-state index >= 15 is 0 Å². The summed E-state index contributed by atoms with van der Waals surface area (Å²) in [5.74, 6) is 0.906. The number of nitrogens with two attached hydrogens (primary N) is 1. The summed E-state index contributed by atoms with van der Waals surface area (Å²) in [4.78, 5) is 11.7. The van der Waals surface area contributed by atoms with Gasteiger partial charge in [0.05, 0.1) is 6.26 Å². The Kier molecular flexibility index (Phi) is 3.13. The molecular weight excluding hydrogens is 220 g/mol. The summed E-state index contributed by atoms with van der Waals surface area (Å²) < 4.78 is 5.20. The zero-order valence-electron chi connectivity index (χ0n) is 9.43. The Morgan fingerprint density at radius 2 is 2.53 bits per heavy atom. The summed E-state index contributed by atoms with van der Waals surface area (Å²) in [6.07, 6.45) is 2.25. The molecule has 2 aromatic heterocycles. The third-order valence-electron chi connectivity index (χ3n) is 2.31. The van der Waals surface area contributed by atoms with Gasteiger partial charge in [0, 0.05) is 18.5 Å². The van der Waals surface area contributed by atoms with Crippen LogP contribution in [-0.2, 0) is 6.42 Å². The molecule has 1 amide bonds. The van der Waals surface area contributed by atoms with Crippen LogP contribution in [-0.4, -0.2) is 22.1 Å². The average molecular weight is 234 g/mol. The van der Waals surface area contributed by atoms with Crippen LogP contribution in [0.1, 0.15) is 23.2 Å². The maximum atomic E-state index is 11.7. The van der Waals surface area contributed by atoms with Gasteiger partial charge in [-0.25, -0.2) is 0 Å². The number of nitrogens with zero attached hydrogens (tertiary/aromatic N) is 1. The molecular formula is C11H14N4O2. The predicted octanol–water partition coefficient (Wildman–Crippen LogP) is 0.946. The van der Waals surface area contributed by atoms with Gasteiger partial charge in [-0.15, -0.1) is 0 Å². The number of H-pyrrole nitrogens is 1. The first-order chi connectivity index (χ1) is 8.15. The first kappa shape index (κ1) is 11.3. The zero-order valence-corrected chi connectivity index (χ0v) is 9.43. The largest absolute Gasteiger partial charge is 0.469 e. The molecule has 2 aromatic rings. The van der Waals surface area contributed by atoms with E-state index in [1.807, 2.05) is 19.1 Å². The van der Waals surface area contributed by atoms with E-state index in [0.29, 0.717) is 17.9 Å². The van der Waals surface area contributed by atoms with Crippen molar-refractivity contribution in [3.05, 3.63) is 35.9 Å². The van der Waals surface area contributed by atoms with Crippen molar-refractivity contribution in [3.63, 3.8) is 0 Å². The number of anilines is 1. The van der Waals surface area contributed by atoms with Crippen molar-refractivity contribution in [1.29, 1.82) is 0 Å². The first-order valence-electron chi connectivity index (χ1n) is 5.29. The Bertz CT molecular complexity index is 489. The molecule has 0 saturated carbocycles. The van der Waals surface area contributed by atoms with Gasteiger partial charge in [-0.1, -0.05) is 0 Å². The fourth-order valence-electron chi connectivity index (χ4n) is 1.54. The topological polar surface area (TPSA) is 96.9 Å². The van der Waals surface area contributed by atoms with Crippen molar-refractivity contribution < 1.29 is 9.21 Å². The summed E-state index contributed by atoms with van der Waals surface area (Å²) in [7, 11) is 0. The van der Waals surface area contributed by atoms with Crippen molar-refractivity contribution >= 4 is 11.7 Å². The van der Waals surface area contributed by atoms with Crippen molar-refractivity contribution in [3.8, 4) is 0 Å². The first-order valence-corrected chi connectivity index (χ1v) is 5.29. The van der Waals surface area contributed by atoms with Crippen molar-refractivity contribution in [1.82, 2.24) is 15.5 Å². The highest BCUT2D eigenvalue weighted by molar-refractivity contribution is 5.93. The molecule has 0 aliphatic heterocycles. The number of carbonyl (C=O) groups excluding carboxylic acids is 1. The summed E-state index contributed by atoms with van der Waals surface area (Å²) in [5.41, 5.74) is 5.77. The number of furan rings is 1. The molecule has 2 heterocycles. The lowest BCUT2D eigenvalue weighted by molar-refractivity contribution is 0.0934. The monoisotopic (exact) mass is 234 g/mol. The second kappa shape index (κ2) is 4.73. The van der Waals surface area contributed by atoms with Gasteiger partial charge in [0.15, 0.2) is 0 Å². The number of nitrogen functional groups attached to an aromatic ring is 1. The number of aromatic nitrogens is 2. The zero-order chi connectivity index (χ0) is 12.3. The molecule has 0 aromatic carbocycles. The minimum Gasteiger partial charge on any atom is -0.469 e. The number of hydrogen-bond donors (Lipinski definition) is 3. The number of aromatic amines is 1. The minimum absolute atomic E-state index is 0.0295. The van der Waals surface area contributed by atoms with Crippen LogP contribution >= 0.6 is 0 Å². The predicted molar refractivity (Wildman–Crippen MR) is 62.3 cm³/mol. The molecule has 0 saturated heterocycles. The highest BCUT2D eigenvalue weighted by atomic mass is 16.3.